The third-order valence-corrected chi connectivity index (χ3v) is 3.07. The molecule has 18 heavy (non-hydrogen) atoms. The fourth-order valence-electron chi connectivity index (χ4n) is 2.13. The molecule has 0 saturated heterocycles. The van der Waals surface area contributed by atoms with Gasteiger partial charge in [0.2, 0.25) is 11.8 Å². The van der Waals surface area contributed by atoms with Crippen molar-refractivity contribution >= 4 is 17.5 Å². The van der Waals surface area contributed by atoms with E-state index in [-0.39, 0.29) is 11.8 Å². The number of carbonyl (C=O) groups excluding carboxylic acids is 2. The molecule has 0 fully saturated rings. The highest BCUT2D eigenvalue weighted by atomic mass is 16.2. The molecule has 1 aliphatic heterocycles. The number of para-hydroxylation sites is 1. The van der Waals surface area contributed by atoms with Crippen molar-refractivity contribution in [3.63, 3.8) is 0 Å². The third-order valence-electron chi connectivity index (χ3n) is 3.07. The van der Waals surface area contributed by atoms with Crippen LogP contribution < -0.4 is 10.2 Å². The van der Waals surface area contributed by atoms with Crippen LogP contribution in [-0.2, 0) is 16.0 Å². The second kappa shape index (κ2) is 5.04. The maximum Gasteiger partial charge on any atom is 0.249 e. The van der Waals surface area contributed by atoms with E-state index >= 15 is 0 Å². The maximum absolute atomic E-state index is 12.2. The number of nitrogens with zero attached hydrogens (tertiary/aromatic N) is 1. The first-order valence-electron chi connectivity index (χ1n) is 5.95. The molecule has 2 amide bonds. The van der Waals surface area contributed by atoms with E-state index in [4.69, 9.17) is 0 Å². The van der Waals surface area contributed by atoms with Gasteiger partial charge in [0, 0.05) is 12.2 Å². The molecule has 0 aliphatic carbocycles. The van der Waals surface area contributed by atoms with Crippen molar-refractivity contribution in [1.82, 2.24) is 5.32 Å². The predicted molar refractivity (Wildman–Crippen MR) is 70.3 cm³/mol. The molecule has 1 N–H and O–H groups in total. The van der Waals surface area contributed by atoms with Crippen LogP contribution in [0.4, 0.5) is 5.69 Å². The SMILES string of the molecule is C=CC(=O)N[C@@H](C)C(=O)N1CCc2ccccc21. The number of rotatable bonds is 3. The average molecular weight is 244 g/mol. The van der Waals surface area contributed by atoms with Gasteiger partial charge in [-0.15, -0.1) is 0 Å². The molecule has 4 heteroatoms. The summed E-state index contributed by atoms with van der Waals surface area (Å²) in [7, 11) is 0. The minimum absolute atomic E-state index is 0.0878. The molecule has 94 valence electrons. The molecular formula is C14H16N2O2. The molecule has 0 aromatic heterocycles. The Hall–Kier alpha value is -2.10. The molecule has 1 atom stereocenters. The van der Waals surface area contributed by atoms with Crippen molar-refractivity contribution < 1.29 is 9.59 Å². The second-order valence-corrected chi connectivity index (χ2v) is 4.30. The van der Waals surface area contributed by atoms with Crippen molar-refractivity contribution in [2.45, 2.75) is 19.4 Å². The van der Waals surface area contributed by atoms with Gasteiger partial charge in [-0.2, -0.15) is 0 Å². The van der Waals surface area contributed by atoms with Gasteiger partial charge in [-0.1, -0.05) is 24.8 Å². The van der Waals surface area contributed by atoms with Crippen LogP contribution in [0.2, 0.25) is 0 Å². The number of fused-ring (bicyclic) bond motifs is 1. The van der Waals surface area contributed by atoms with Crippen molar-refractivity contribution in [3.8, 4) is 0 Å². The number of nitrogens with one attached hydrogen (secondary N) is 1. The lowest BCUT2D eigenvalue weighted by Gasteiger charge is -2.21. The lowest BCUT2D eigenvalue weighted by molar-refractivity contribution is -0.124. The van der Waals surface area contributed by atoms with E-state index in [1.54, 1.807) is 11.8 Å². The Kier molecular flexibility index (Phi) is 3.46. The number of anilines is 1. The second-order valence-electron chi connectivity index (χ2n) is 4.30. The summed E-state index contributed by atoms with van der Waals surface area (Å²) in [5.74, 6) is -0.418. The molecule has 1 aromatic carbocycles. The molecule has 0 saturated carbocycles. The van der Waals surface area contributed by atoms with Crippen molar-refractivity contribution in [1.29, 1.82) is 0 Å². The van der Waals surface area contributed by atoms with E-state index in [0.29, 0.717) is 6.54 Å². The summed E-state index contributed by atoms with van der Waals surface area (Å²) < 4.78 is 0. The van der Waals surface area contributed by atoms with Gasteiger partial charge in [-0.3, -0.25) is 9.59 Å². The number of benzene rings is 1. The zero-order chi connectivity index (χ0) is 13.1. The molecule has 0 unspecified atom stereocenters. The molecule has 2 rings (SSSR count). The number of carbonyl (C=O) groups is 2. The van der Waals surface area contributed by atoms with Gasteiger partial charge in [-0.05, 0) is 31.1 Å². The summed E-state index contributed by atoms with van der Waals surface area (Å²) in [4.78, 5) is 25.1. The minimum Gasteiger partial charge on any atom is -0.341 e. The molecule has 0 radical (unpaired) electrons. The summed E-state index contributed by atoms with van der Waals surface area (Å²) in [5.41, 5.74) is 2.12. The standard InChI is InChI=1S/C14H16N2O2/c1-3-13(17)15-10(2)14(18)16-9-8-11-6-4-5-7-12(11)16/h3-7,10H,1,8-9H2,2H3,(H,15,17)/t10-/m0/s1. The van der Waals surface area contributed by atoms with Gasteiger partial charge in [-0.25, -0.2) is 0 Å². The summed E-state index contributed by atoms with van der Waals surface area (Å²) in [6, 6.07) is 7.30. The first-order chi connectivity index (χ1) is 8.63. The molecule has 1 aromatic rings. The molecule has 0 spiro atoms. The zero-order valence-electron chi connectivity index (χ0n) is 10.3. The van der Waals surface area contributed by atoms with Crippen LogP contribution in [0.15, 0.2) is 36.9 Å². The lowest BCUT2D eigenvalue weighted by atomic mass is 10.2. The monoisotopic (exact) mass is 244 g/mol. The third kappa shape index (κ3) is 2.27. The van der Waals surface area contributed by atoms with Crippen LogP contribution in [-0.4, -0.2) is 24.4 Å². The summed E-state index contributed by atoms with van der Waals surface area (Å²) in [6.45, 7) is 5.73. The topological polar surface area (TPSA) is 49.4 Å². The number of hydrogen-bond acceptors (Lipinski definition) is 2. The Morgan fingerprint density at radius 1 is 1.44 bits per heavy atom. The lowest BCUT2D eigenvalue weighted by Crippen LogP contribution is -2.46. The van der Waals surface area contributed by atoms with Gasteiger partial charge >= 0.3 is 0 Å². The van der Waals surface area contributed by atoms with Crippen molar-refractivity contribution in [2.24, 2.45) is 0 Å². The van der Waals surface area contributed by atoms with Crippen LogP contribution in [0, 0.1) is 0 Å². The first kappa shape index (κ1) is 12.4. The summed E-state index contributed by atoms with van der Waals surface area (Å²) in [5, 5.41) is 2.59. The molecule has 1 aliphatic rings. The Morgan fingerprint density at radius 3 is 2.89 bits per heavy atom. The molecule has 4 nitrogen and oxygen atoms in total. The Morgan fingerprint density at radius 2 is 2.17 bits per heavy atom. The van der Waals surface area contributed by atoms with Crippen molar-refractivity contribution in [3.05, 3.63) is 42.5 Å². The van der Waals surface area contributed by atoms with Crippen LogP contribution in [0.25, 0.3) is 0 Å². The van der Waals surface area contributed by atoms with Gasteiger partial charge in [0.15, 0.2) is 0 Å². The highest BCUT2D eigenvalue weighted by Crippen LogP contribution is 2.27. The van der Waals surface area contributed by atoms with Crippen molar-refractivity contribution in [2.75, 3.05) is 11.4 Å². The normalized spacial score (nSPS) is 14.8. The number of amides is 2. The highest BCUT2D eigenvalue weighted by Gasteiger charge is 2.27. The van der Waals surface area contributed by atoms with Crippen LogP contribution in [0.1, 0.15) is 12.5 Å². The maximum atomic E-state index is 12.2. The summed E-state index contributed by atoms with van der Waals surface area (Å²) in [6.07, 6.45) is 2.03. The smallest absolute Gasteiger partial charge is 0.249 e. The Labute approximate surface area is 106 Å². The van der Waals surface area contributed by atoms with E-state index in [0.717, 1.165) is 12.1 Å². The van der Waals surface area contributed by atoms with E-state index in [2.05, 4.69) is 11.9 Å². The number of hydrogen-bond donors (Lipinski definition) is 1. The fraction of sp³-hybridized carbons (Fsp3) is 0.286. The van der Waals surface area contributed by atoms with Gasteiger partial charge in [0.25, 0.3) is 0 Å². The fourth-order valence-corrected chi connectivity index (χ4v) is 2.13. The quantitative estimate of drug-likeness (QED) is 0.814. The minimum atomic E-state index is -0.540. The van der Waals surface area contributed by atoms with E-state index in [9.17, 15) is 9.59 Å². The van der Waals surface area contributed by atoms with Crippen LogP contribution in [0.5, 0.6) is 0 Å². The largest absolute Gasteiger partial charge is 0.341 e. The van der Waals surface area contributed by atoms with Gasteiger partial charge in [0.1, 0.15) is 6.04 Å². The Balaban J connectivity index is 2.11. The van der Waals surface area contributed by atoms with Gasteiger partial charge in [0.05, 0.1) is 0 Å². The molecule has 1 heterocycles. The van der Waals surface area contributed by atoms with Gasteiger partial charge < -0.3 is 10.2 Å². The van der Waals surface area contributed by atoms with E-state index in [1.807, 2.05) is 24.3 Å². The molecule has 0 bridgehead atoms. The van der Waals surface area contributed by atoms with Crippen LogP contribution in [0.3, 0.4) is 0 Å². The zero-order valence-corrected chi connectivity index (χ0v) is 10.3. The summed E-state index contributed by atoms with van der Waals surface area (Å²) >= 11 is 0. The highest BCUT2D eigenvalue weighted by molar-refractivity contribution is 6.01. The van der Waals surface area contributed by atoms with E-state index in [1.165, 1.54) is 11.6 Å². The first-order valence-corrected chi connectivity index (χ1v) is 5.95. The van der Waals surface area contributed by atoms with E-state index < -0.39 is 6.04 Å². The predicted octanol–water partition coefficient (Wildman–Crippen LogP) is 1.27. The average Bonchev–Trinajstić information content (AvgIpc) is 2.81. The van der Waals surface area contributed by atoms with Crippen LogP contribution >= 0.6 is 0 Å². The molecular weight excluding hydrogens is 228 g/mol. The Bertz CT molecular complexity index is 496.